The van der Waals surface area contributed by atoms with E-state index >= 15 is 0 Å². The van der Waals surface area contributed by atoms with Crippen LogP contribution in [0.4, 0.5) is 0 Å². The Hall–Kier alpha value is -0.800. The summed E-state index contributed by atoms with van der Waals surface area (Å²) >= 11 is 5.07. The molecule has 0 bridgehead atoms. The van der Waals surface area contributed by atoms with Crippen molar-refractivity contribution < 1.29 is 24.5 Å². The van der Waals surface area contributed by atoms with E-state index in [0.29, 0.717) is 13.0 Å². The fourth-order valence-electron chi connectivity index (χ4n) is 2.19. The maximum Gasteiger partial charge on any atom is 0.227 e. The number of hydrogen-bond acceptors (Lipinski definition) is 6. The lowest BCUT2D eigenvalue weighted by molar-refractivity contribution is -0.124. The van der Waals surface area contributed by atoms with Crippen molar-refractivity contribution in [1.29, 1.82) is 0 Å². The predicted octanol–water partition coefficient (Wildman–Crippen LogP) is -1.81. The highest BCUT2D eigenvalue weighted by atomic mass is 32.1. The van der Waals surface area contributed by atoms with Gasteiger partial charge in [-0.3, -0.25) is 4.79 Å². The molecular formula is C10H16N2O5S. The molecular weight excluding hydrogens is 260 g/mol. The Morgan fingerprint density at radius 1 is 1.67 bits per heavy atom. The number of methoxy groups -OCH3 is 1. The van der Waals surface area contributed by atoms with Crippen LogP contribution in [0.2, 0.25) is 0 Å². The fourth-order valence-corrected chi connectivity index (χ4v) is 2.50. The highest BCUT2D eigenvalue weighted by molar-refractivity contribution is 7.80. The predicted molar refractivity (Wildman–Crippen MR) is 64.6 cm³/mol. The Bertz CT molecular complexity index is 353. The van der Waals surface area contributed by atoms with Gasteiger partial charge in [-0.1, -0.05) is 0 Å². The molecule has 2 aliphatic rings. The minimum Gasteiger partial charge on any atom is -0.394 e. The molecule has 0 radical (unpaired) electrons. The molecule has 3 N–H and O–H groups in total. The van der Waals surface area contributed by atoms with Crippen molar-refractivity contribution in [2.75, 3.05) is 20.3 Å². The average molecular weight is 276 g/mol. The van der Waals surface area contributed by atoms with E-state index < -0.39 is 24.5 Å². The molecule has 18 heavy (non-hydrogen) atoms. The van der Waals surface area contributed by atoms with Crippen LogP contribution < -0.4 is 5.32 Å². The van der Waals surface area contributed by atoms with Crippen LogP contribution in [-0.4, -0.2) is 70.9 Å². The number of nitrogens with zero attached hydrogens (tertiary/aromatic N) is 1. The number of aliphatic hydroxyl groups excluding tert-OH is 2. The van der Waals surface area contributed by atoms with Crippen molar-refractivity contribution >= 4 is 23.2 Å². The molecule has 2 rings (SSSR count). The average Bonchev–Trinajstić information content (AvgIpc) is 2.65. The molecule has 0 aromatic heterocycles. The van der Waals surface area contributed by atoms with Gasteiger partial charge in [0, 0.05) is 20.1 Å². The number of carbonyl (C=O) groups is 1. The third-order valence-corrected chi connectivity index (χ3v) is 3.50. The Kier molecular flexibility index (Phi) is 4.13. The van der Waals surface area contributed by atoms with E-state index in [1.54, 1.807) is 4.90 Å². The van der Waals surface area contributed by atoms with Gasteiger partial charge in [0.2, 0.25) is 5.91 Å². The fraction of sp³-hybridized carbons (Fsp3) is 0.800. The molecule has 102 valence electrons. The van der Waals surface area contributed by atoms with Gasteiger partial charge in [-0.05, 0) is 12.2 Å². The Morgan fingerprint density at radius 2 is 2.39 bits per heavy atom. The van der Waals surface area contributed by atoms with Crippen LogP contribution in [0.5, 0.6) is 0 Å². The van der Waals surface area contributed by atoms with E-state index in [0.717, 1.165) is 0 Å². The van der Waals surface area contributed by atoms with Crippen LogP contribution in [0.1, 0.15) is 6.42 Å². The summed E-state index contributed by atoms with van der Waals surface area (Å²) in [6.07, 6.45) is -2.55. The normalized spacial score (nSPS) is 36.9. The van der Waals surface area contributed by atoms with Gasteiger partial charge in [-0.25, -0.2) is 0 Å². The van der Waals surface area contributed by atoms with Gasteiger partial charge in [-0.15, -0.1) is 0 Å². The summed E-state index contributed by atoms with van der Waals surface area (Å²) in [5.41, 5.74) is 0. The summed E-state index contributed by atoms with van der Waals surface area (Å²) < 4.78 is 10.7. The summed E-state index contributed by atoms with van der Waals surface area (Å²) in [5, 5.41) is 21.8. The van der Waals surface area contributed by atoms with Crippen LogP contribution in [-0.2, 0) is 14.3 Å². The van der Waals surface area contributed by atoms with Gasteiger partial charge >= 0.3 is 0 Å². The lowest BCUT2D eigenvalue weighted by atomic mass is 10.1. The second kappa shape index (κ2) is 5.45. The zero-order valence-corrected chi connectivity index (χ0v) is 10.7. The second-order valence-corrected chi connectivity index (χ2v) is 4.62. The van der Waals surface area contributed by atoms with E-state index in [2.05, 4.69) is 5.32 Å². The van der Waals surface area contributed by atoms with Crippen LogP contribution in [0.15, 0.2) is 0 Å². The summed E-state index contributed by atoms with van der Waals surface area (Å²) in [5.74, 6) is -0.137. The van der Waals surface area contributed by atoms with E-state index in [4.69, 9.17) is 26.8 Å². The van der Waals surface area contributed by atoms with Crippen LogP contribution in [0.25, 0.3) is 0 Å². The first-order chi connectivity index (χ1) is 8.58. The molecule has 1 amide bonds. The SMILES string of the molecule is CO[C@@H]1[C@H](O)[C@@H](CO)O[C@H]1N1CCC(=O)NC1=S. The van der Waals surface area contributed by atoms with Crippen molar-refractivity contribution in [3.05, 3.63) is 0 Å². The zero-order valence-electron chi connectivity index (χ0n) is 9.91. The van der Waals surface area contributed by atoms with Crippen molar-refractivity contribution in [2.45, 2.75) is 31.0 Å². The first-order valence-electron chi connectivity index (χ1n) is 5.66. The largest absolute Gasteiger partial charge is 0.394 e. The van der Waals surface area contributed by atoms with Gasteiger partial charge in [-0.2, -0.15) is 0 Å². The number of aliphatic hydroxyl groups is 2. The molecule has 2 aliphatic heterocycles. The summed E-state index contributed by atoms with van der Waals surface area (Å²) in [4.78, 5) is 12.8. The number of carbonyl (C=O) groups excluding carboxylic acids is 1. The number of thiocarbonyl (C=S) groups is 1. The minimum absolute atomic E-state index is 0.137. The third kappa shape index (κ3) is 2.34. The highest BCUT2D eigenvalue weighted by Gasteiger charge is 2.47. The molecule has 7 nitrogen and oxygen atoms in total. The maximum absolute atomic E-state index is 11.2. The van der Waals surface area contributed by atoms with Gasteiger partial charge < -0.3 is 29.9 Å². The van der Waals surface area contributed by atoms with Crippen molar-refractivity contribution in [1.82, 2.24) is 10.2 Å². The van der Waals surface area contributed by atoms with Gasteiger partial charge in [0.1, 0.15) is 18.3 Å². The molecule has 2 fully saturated rings. The lowest BCUT2D eigenvalue weighted by Gasteiger charge is -2.36. The molecule has 0 aliphatic carbocycles. The molecule has 0 aromatic carbocycles. The van der Waals surface area contributed by atoms with E-state index in [1.807, 2.05) is 0 Å². The third-order valence-electron chi connectivity index (χ3n) is 3.16. The standard InChI is InChI=1S/C10H16N2O5S/c1-16-8-7(15)5(4-13)17-9(8)12-3-2-6(14)11-10(12)18/h5,7-9,13,15H,2-4H2,1H3,(H,11,14,18)/t5-,7-,8-,9-/m1/s1. The van der Waals surface area contributed by atoms with E-state index in [1.165, 1.54) is 7.11 Å². The van der Waals surface area contributed by atoms with E-state index in [-0.39, 0.29) is 17.6 Å². The number of nitrogens with one attached hydrogen (secondary N) is 1. The monoisotopic (exact) mass is 276 g/mol. The van der Waals surface area contributed by atoms with Crippen LogP contribution >= 0.6 is 12.2 Å². The molecule has 8 heteroatoms. The number of amides is 1. The van der Waals surface area contributed by atoms with Gasteiger partial charge in [0.25, 0.3) is 0 Å². The topological polar surface area (TPSA) is 91.3 Å². The second-order valence-electron chi connectivity index (χ2n) is 4.24. The van der Waals surface area contributed by atoms with Crippen LogP contribution in [0, 0.1) is 0 Å². The molecule has 0 unspecified atom stereocenters. The number of rotatable bonds is 3. The Morgan fingerprint density at radius 3 is 2.94 bits per heavy atom. The smallest absolute Gasteiger partial charge is 0.227 e. The summed E-state index contributed by atoms with van der Waals surface area (Å²) in [7, 11) is 1.45. The number of ether oxygens (including phenoxy) is 2. The van der Waals surface area contributed by atoms with Crippen molar-refractivity contribution in [2.24, 2.45) is 0 Å². The van der Waals surface area contributed by atoms with Crippen molar-refractivity contribution in [3.8, 4) is 0 Å². The summed E-state index contributed by atoms with van der Waals surface area (Å²) in [6.45, 7) is 0.102. The van der Waals surface area contributed by atoms with Gasteiger partial charge in [0.15, 0.2) is 11.3 Å². The first-order valence-corrected chi connectivity index (χ1v) is 6.07. The molecule has 0 spiro atoms. The molecule has 2 heterocycles. The molecule has 2 saturated heterocycles. The molecule has 0 aromatic rings. The van der Waals surface area contributed by atoms with Gasteiger partial charge in [0.05, 0.1) is 6.61 Å². The number of hydrogen-bond donors (Lipinski definition) is 3. The summed E-state index contributed by atoms with van der Waals surface area (Å²) in [6, 6.07) is 0. The lowest BCUT2D eigenvalue weighted by Crippen LogP contribution is -2.56. The minimum atomic E-state index is -0.926. The van der Waals surface area contributed by atoms with E-state index in [9.17, 15) is 9.90 Å². The maximum atomic E-state index is 11.2. The van der Waals surface area contributed by atoms with Crippen LogP contribution in [0.3, 0.4) is 0 Å². The first kappa shape index (κ1) is 13.6. The molecule has 0 saturated carbocycles. The highest BCUT2D eigenvalue weighted by Crippen LogP contribution is 2.27. The zero-order chi connectivity index (χ0) is 13.3. The Labute approximate surface area is 110 Å². The Balaban J connectivity index is 2.12. The molecule has 4 atom stereocenters. The van der Waals surface area contributed by atoms with Crippen molar-refractivity contribution in [3.63, 3.8) is 0 Å². The quantitative estimate of drug-likeness (QED) is 0.523.